The molecule has 2 aromatic heterocycles. The number of aryl methyl sites for hydroxylation is 2. The molecule has 4 nitrogen and oxygen atoms in total. The molecule has 74 heavy (non-hydrogen) atoms. The van der Waals surface area contributed by atoms with Crippen LogP contribution in [0.4, 0.5) is 34.1 Å². The summed E-state index contributed by atoms with van der Waals surface area (Å²) in [6, 6.07) is 59.1. The molecule has 0 spiro atoms. The largest absolute Gasteiger partial charge is 0.454 e. The Balaban J connectivity index is 1.12. The van der Waals surface area contributed by atoms with Gasteiger partial charge in [0.05, 0.1) is 22.7 Å². The zero-order valence-corrected chi connectivity index (χ0v) is 45.7. The Kier molecular flexibility index (Phi) is 10.6. The van der Waals surface area contributed by atoms with Crippen LogP contribution in [0.1, 0.15) is 116 Å². The summed E-state index contributed by atoms with van der Waals surface area (Å²) in [5, 5.41) is 11.7. The highest BCUT2D eigenvalue weighted by Crippen LogP contribution is 2.52. The number of rotatable bonds is 6. The van der Waals surface area contributed by atoms with Gasteiger partial charge in [-0.1, -0.05) is 180 Å². The van der Waals surface area contributed by atoms with Crippen LogP contribution in [0.5, 0.6) is 0 Å². The number of fused-ring (bicyclic) bond motifs is 6. The second-order valence-corrected chi connectivity index (χ2v) is 25.3. The molecule has 0 radical (unpaired) electrons. The molecule has 0 atom stereocenters. The molecule has 0 fully saturated rings. The van der Waals surface area contributed by atoms with Crippen molar-refractivity contribution < 1.29 is 8.83 Å². The van der Waals surface area contributed by atoms with Gasteiger partial charge >= 0.3 is 0 Å². The predicted molar refractivity (Wildman–Crippen MR) is 318 cm³/mol. The van der Waals surface area contributed by atoms with Crippen LogP contribution in [0.25, 0.3) is 76.2 Å². The average molecular weight is 969 g/mol. The fourth-order valence-electron chi connectivity index (χ4n) is 11.6. The van der Waals surface area contributed by atoms with Crippen LogP contribution < -0.4 is 9.80 Å². The van der Waals surface area contributed by atoms with E-state index in [4.69, 9.17) is 8.83 Å². The van der Waals surface area contributed by atoms with Gasteiger partial charge < -0.3 is 18.6 Å². The number of furan rings is 2. The van der Waals surface area contributed by atoms with Gasteiger partial charge in [-0.25, -0.2) is 0 Å². The molecular formula is C70H68N2O2. The predicted octanol–water partition coefficient (Wildman–Crippen LogP) is 21.1. The maximum absolute atomic E-state index is 7.26. The second-order valence-electron chi connectivity index (χ2n) is 25.3. The third-order valence-corrected chi connectivity index (χ3v) is 15.6. The van der Waals surface area contributed by atoms with Crippen LogP contribution in [0.3, 0.4) is 0 Å². The molecular weight excluding hydrogens is 901 g/mol. The average Bonchev–Trinajstić information content (AvgIpc) is 3.93. The van der Waals surface area contributed by atoms with E-state index >= 15 is 0 Å². The van der Waals surface area contributed by atoms with Crippen LogP contribution in [0.15, 0.2) is 167 Å². The highest BCUT2D eigenvalue weighted by molar-refractivity contribution is 6.29. The lowest BCUT2D eigenvalue weighted by Gasteiger charge is -2.29. The molecule has 0 saturated carbocycles. The van der Waals surface area contributed by atoms with Crippen LogP contribution in [0, 0.1) is 13.8 Å². The van der Waals surface area contributed by atoms with Crippen LogP contribution in [-0.2, 0) is 21.7 Å². The minimum atomic E-state index is -0.131. The van der Waals surface area contributed by atoms with Crippen molar-refractivity contribution in [1.29, 1.82) is 0 Å². The summed E-state index contributed by atoms with van der Waals surface area (Å²) >= 11 is 0. The molecule has 12 aromatic rings. The van der Waals surface area contributed by atoms with Gasteiger partial charge in [-0.2, -0.15) is 0 Å². The Bertz CT molecular complexity index is 3940. The van der Waals surface area contributed by atoms with E-state index in [2.05, 4.69) is 264 Å². The maximum Gasteiger partial charge on any atom is 0.159 e. The van der Waals surface area contributed by atoms with E-state index in [1.165, 1.54) is 65.7 Å². The molecule has 2 heterocycles. The molecule has 4 heteroatoms. The molecule has 0 amide bonds. The first-order valence-corrected chi connectivity index (χ1v) is 26.5. The van der Waals surface area contributed by atoms with E-state index in [1.807, 2.05) is 0 Å². The van der Waals surface area contributed by atoms with E-state index < -0.39 is 0 Å². The van der Waals surface area contributed by atoms with E-state index in [-0.39, 0.29) is 21.7 Å². The van der Waals surface area contributed by atoms with Gasteiger partial charge in [-0.05, 0) is 140 Å². The van der Waals surface area contributed by atoms with E-state index in [0.29, 0.717) is 0 Å². The highest BCUT2D eigenvalue weighted by atomic mass is 16.3. The number of hydrogen-bond donors (Lipinski definition) is 0. The topological polar surface area (TPSA) is 32.8 Å². The molecule has 0 unspecified atom stereocenters. The van der Waals surface area contributed by atoms with Gasteiger partial charge in [0.2, 0.25) is 0 Å². The summed E-state index contributed by atoms with van der Waals surface area (Å²) < 4.78 is 14.5. The molecule has 12 rings (SSSR count). The summed E-state index contributed by atoms with van der Waals surface area (Å²) in [6.07, 6.45) is 0. The minimum absolute atomic E-state index is 0.0327. The quantitative estimate of drug-likeness (QED) is 0.155. The van der Waals surface area contributed by atoms with Crippen molar-refractivity contribution in [2.24, 2.45) is 0 Å². The van der Waals surface area contributed by atoms with Crippen molar-refractivity contribution in [3.63, 3.8) is 0 Å². The van der Waals surface area contributed by atoms with Gasteiger partial charge in [0.1, 0.15) is 11.2 Å². The van der Waals surface area contributed by atoms with E-state index in [9.17, 15) is 0 Å². The lowest BCUT2D eigenvalue weighted by molar-refractivity contribution is 0.558. The first kappa shape index (κ1) is 47.4. The molecule has 10 aromatic carbocycles. The molecule has 0 bridgehead atoms. The van der Waals surface area contributed by atoms with Crippen molar-refractivity contribution in [1.82, 2.24) is 0 Å². The third-order valence-electron chi connectivity index (χ3n) is 15.6. The smallest absolute Gasteiger partial charge is 0.159 e. The van der Waals surface area contributed by atoms with Crippen molar-refractivity contribution in [3.8, 4) is 0 Å². The Morgan fingerprint density at radius 1 is 0.311 bits per heavy atom. The minimum Gasteiger partial charge on any atom is -0.454 e. The van der Waals surface area contributed by atoms with Gasteiger partial charge in [0.25, 0.3) is 0 Å². The summed E-state index contributed by atoms with van der Waals surface area (Å²) in [5.41, 5.74) is 17.2. The van der Waals surface area contributed by atoms with Crippen molar-refractivity contribution in [2.75, 3.05) is 9.80 Å². The first-order chi connectivity index (χ1) is 35.0. The SMILES string of the molecule is Cc1cccc(N(c2ccc3ccc4c(N(c5cccc(C)c5)c5cccc6c5oc5c(C(C)(C)C)cc(C(C)(C)C)cc56)ccc5ccc2c3c54)c2cccc3c2oc2c(C(C)(C)C)cc(C(C)(C)C)cc23)c1. The lowest BCUT2D eigenvalue weighted by Crippen LogP contribution is -2.16. The number of anilines is 6. The fraction of sp³-hybridized carbons (Fsp3) is 0.257. The Labute approximate surface area is 436 Å². The molecule has 0 aliphatic heterocycles. The first-order valence-electron chi connectivity index (χ1n) is 26.5. The monoisotopic (exact) mass is 969 g/mol. The van der Waals surface area contributed by atoms with E-state index in [0.717, 1.165) is 78.0 Å². The Hall–Kier alpha value is -7.56. The van der Waals surface area contributed by atoms with Gasteiger partial charge in [-0.3, -0.25) is 0 Å². The van der Waals surface area contributed by atoms with Gasteiger partial charge in [0, 0.05) is 54.8 Å². The standard InChI is InChI=1S/C70H68N2O2/c1-41-19-15-21-47(35-41)71(59-25-17-23-49-53-37-45(67(3,4)5)39-55(69(9,10)11)63(53)73-65(49)59)57-33-29-43-28-32-52-58(34-30-44-27-31-51(57)61(43)62(44)52)72(48-22-16-20-42(2)36-48)60-26-18-24-50-54-38-46(68(6,7)8)40-56(70(12,13)14)64(54)74-66(50)60/h15-40H,1-14H3. The molecule has 0 aliphatic carbocycles. The van der Waals surface area contributed by atoms with Crippen molar-refractivity contribution in [2.45, 2.75) is 119 Å². The normalized spacial score (nSPS) is 13.0. The second kappa shape index (κ2) is 16.5. The van der Waals surface area contributed by atoms with E-state index in [1.54, 1.807) is 0 Å². The van der Waals surface area contributed by atoms with Crippen molar-refractivity contribution >= 4 is 110 Å². The zero-order valence-electron chi connectivity index (χ0n) is 45.7. The summed E-state index contributed by atoms with van der Waals surface area (Å²) in [6.45, 7) is 31.9. The fourth-order valence-corrected chi connectivity index (χ4v) is 11.6. The summed E-state index contributed by atoms with van der Waals surface area (Å²) in [4.78, 5) is 4.87. The lowest BCUT2D eigenvalue weighted by atomic mass is 9.79. The van der Waals surface area contributed by atoms with Crippen LogP contribution >= 0.6 is 0 Å². The van der Waals surface area contributed by atoms with Crippen LogP contribution in [-0.4, -0.2) is 0 Å². The molecule has 370 valence electrons. The van der Waals surface area contributed by atoms with Crippen molar-refractivity contribution in [3.05, 3.63) is 191 Å². The number of benzene rings is 10. The van der Waals surface area contributed by atoms with Gasteiger partial charge in [0.15, 0.2) is 11.2 Å². The molecule has 0 aliphatic rings. The zero-order chi connectivity index (χ0) is 52.0. The third kappa shape index (κ3) is 7.62. The van der Waals surface area contributed by atoms with Crippen LogP contribution in [0.2, 0.25) is 0 Å². The molecule has 0 N–H and O–H groups in total. The maximum atomic E-state index is 7.26. The molecule has 0 saturated heterocycles. The number of para-hydroxylation sites is 2. The highest BCUT2D eigenvalue weighted by Gasteiger charge is 2.31. The Morgan fingerprint density at radius 2 is 0.689 bits per heavy atom. The number of nitrogens with zero attached hydrogens (tertiary/aromatic N) is 2. The van der Waals surface area contributed by atoms with Gasteiger partial charge in [-0.15, -0.1) is 0 Å². The summed E-state index contributed by atoms with van der Waals surface area (Å²) in [7, 11) is 0. The summed E-state index contributed by atoms with van der Waals surface area (Å²) in [5.74, 6) is 0. The Morgan fingerprint density at radius 3 is 1.05 bits per heavy atom. The number of hydrogen-bond acceptors (Lipinski definition) is 4.